The number of nitrogens with zero attached hydrogens (tertiary/aromatic N) is 3. The second-order valence-electron chi connectivity index (χ2n) is 6.82. The van der Waals surface area contributed by atoms with E-state index in [1.807, 2.05) is 11.0 Å². The molecule has 1 N–H and O–H groups in total. The number of carbonyl (C=O) groups is 1. The Kier molecular flexibility index (Phi) is 5.56. The van der Waals surface area contributed by atoms with Gasteiger partial charge in [0, 0.05) is 57.9 Å². The summed E-state index contributed by atoms with van der Waals surface area (Å²) in [4.78, 5) is 19.1. The first-order chi connectivity index (χ1) is 11.2. The predicted octanol–water partition coefficient (Wildman–Crippen LogP) is 1.45. The Bertz CT molecular complexity index is 475. The molecule has 2 saturated heterocycles. The zero-order chi connectivity index (χ0) is 16.1. The fraction of sp³-hybridized carbons (Fsp3) is 0.706. The first kappa shape index (κ1) is 16.3. The first-order valence-electron chi connectivity index (χ1n) is 8.65. The third-order valence-electron chi connectivity index (χ3n) is 5.04. The molecule has 2 aliphatic heterocycles. The normalized spacial score (nSPS) is 21.5. The van der Waals surface area contributed by atoms with E-state index in [0.717, 1.165) is 37.4 Å². The van der Waals surface area contributed by atoms with E-state index in [2.05, 4.69) is 22.2 Å². The Labute approximate surface area is 138 Å². The topological polar surface area (TPSA) is 52.0 Å². The van der Waals surface area contributed by atoms with Crippen molar-refractivity contribution in [3.63, 3.8) is 0 Å². The number of furan rings is 1. The van der Waals surface area contributed by atoms with Crippen LogP contribution in [0.3, 0.4) is 0 Å². The number of amides is 2. The number of piperazine rings is 1. The number of piperidine rings is 1. The molecular formula is C17H28N4O2. The summed E-state index contributed by atoms with van der Waals surface area (Å²) in [6, 6.07) is 1.92. The van der Waals surface area contributed by atoms with E-state index in [0.29, 0.717) is 6.54 Å². The average molecular weight is 320 g/mol. The molecule has 0 spiro atoms. The van der Waals surface area contributed by atoms with Crippen molar-refractivity contribution in [2.24, 2.45) is 5.92 Å². The van der Waals surface area contributed by atoms with Crippen LogP contribution < -0.4 is 5.32 Å². The van der Waals surface area contributed by atoms with Crippen molar-refractivity contribution < 1.29 is 9.21 Å². The number of likely N-dealkylation sites (N-methyl/N-ethyl adjacent to an activating group) is 1. The van der Waals surface area contributed by atoms with Gasteiger partial charge in [-0.2, -0.15) is 0 Å². The second kappa shape index (κ2) is 7.84. The summed E-state index contributed by atoms with van der Waals surface area (Å²) in [5, 5.41) is 2.97. The SMILES string of the molecule is CN1CCN(CC2CCN(C(=O)NCc3ccoc3)CC2)CC1. The predicted molar refractivity (Wildman–Crippen MR) is 89.2 cm³/mol. The standard InChI is InChI=1S/C17H28N4O2/c1-19-7-9-20(10-8-19)13-15-2-5-21(6-3-15)17(22)18-12-16-4-11-23-14-16/h4,11,14-15H,2-3,5-10,12-13H2,1H3,(H,18,22). The fourth-order valence-electron chi connectivity index (χ4n) is 3.40. The van der Waals surface area contributed by atoms with Gasteiger partial charge in [0.1, 0.15) is 0 Å². The lowest BCUT2D eigenvalue weighted by Gasteiger charge is -2.37. The molecule has 128 valence electrons. The average Bonchev–Trinajstić information content (AvgIpc) is 3.09. The van der Waals surface area contributed by atoms with E-state index < -0.39 is 0 Å². The van der Waals surface area contributed by atoms with Crippen LogP contribution >= 0.6 is 0 Å². The smallest absolute Gasteiger partial charge is 0.317 e. The molecule has 3 heterocycles. The molecule has 1 aromatic rings. The Morgan fingerprint density at radius 2 is 1.96 bits per heavy atom. The Morgan fingerprint density at radius 1 is 1.22 bits per heavy atom. The minimum absolute atomic E-state index is 0.0456. The zero-order valence-corrected chi connectivity index (χ0v) is 14.0. The third-order valence-corrected chi connectivity index (χ3v) is 5.04. The molecule has 0 aliphatic carbocycles. The highest BCUT2D eigenvalue weighted by molar-refractivity contribution is 5.74. The molecule has 0 unspecified atom stereocenters. The minimum Gasteiger partial charge on any atom is -0.472 e. The van der Waals surface area contributed by atoms with E-state index in [-0.39, 0.29) is 6.03 Å². The summed E-state index contributed by atoms with van der Waals surface area (Å²) in [5.41, 5.74) is 1.00. The minimum atomic E-state index is 0.0456. The number of carbonyl (C=O) groups excluding carboxylic acids is 1. The number of urea groups is 1. The molecule has 0 atom stereocenters. The summed E-state index contributed by atoms with van der Waals surface area (Å²) in [7, 11) is 2.19. The molecule has 0 aromatic carbocycles. The van der Waals surface area contributed by atoms with Crippen molar-refractivity contribution >= 4 is 6.03 Å². The van der Waals surface area contributed by atoms with E-state index in [1.165, 1.54) is 32.7 Å². The highest BCUT2D eigenvalue weighted by Crippen LogP contribution is 2.19. The Morgan fingerprint density at radius 3 is 2.61 bits per heavy atom. The molecule has 3 rings (SSSR count). The van der Waals surface area contributed by atoms with Crippen molar-refractivity contribution in [1.82, 2.24) is 20.0 Å². The van der Waals surface area contributed by atoms with Gasteiger partial charge in [0.2, 0.25) is 0 Å². The van der Waals surface area contributed by atoms with Gasteiger partial charge in [-0.1, -0.05) is 0 Å². The maximum absolute atomic E-state index is 12.2. The molecule has 0 bridgehead atoms. The maximum atomic E-state index is 12.2. The quantitative estimate of drug-likeness (QED) is 0.912. The first-order valence-corrected chi connectivity index (χ1v) is 8.65. The Balaban J connectivity index is 1.35. The molecule has 6 nitrogen and oxygen atoms in total. The molecular weight excluding hydrogens is 292 g/mol. The van der Waals surface area contributed by atoms with Gasteiger partial charge >= 0.3 is 6.03 Å². The molecule has 1 aromatic heterocycles. The van der Waals surface area contributed by atoms with Crippen LogP contribution in [0.4, 0.5) is 4.79 Å². The third kappa shape index (κ3) is 4.72. The van der Waals surface area contributed by atoms with Crippen LogP contribution in [-0.4, -0.2) is 73.6 Å². The molecule has 2 fully saturated rings. The van der Waals surface area contributed by atoms with E-state index >= 15 is 0 Å². The maximum Gasteiger partial charge on any atom is 0.317 e. The molecule has 2 amide bonds. The second-order valence-corrected chi connectivity index (χ2v) is 6.82. The molecule has 0 radical (unpaired) electrons. The van der Waals surface area contributed by atoms with Gasteiger partial charge in [-0.05, 0) is 31.9 Å². The van der Waals surface area contributed by atoms with Gasteiger partial charge in [0.25, 0.3) is 0 Å². The van der Waals surface area contributed by atoms with Gasteiger partial charge in [-0.3, -0.25) is 0 Å². The van der Waals surface area contributed by atoms with Gasteiger partial charge < -0.3 is 24.4 Å². The van der Waals surface area contributed by atoms with Gasteiger partial charge in [-0.25, -0.2) is 4.79 Å². The van der Waals surface area contributed by atoms with Crippen LogP contribution in [0.15, 0.2) is 23.0 Å². The lowest BCUT2D eigenvalue weighted by molar-refractivity contribution is 0.111. The molecule has 2 aliphatic rings. The van der Waals surface area contributed by atoms with Crippen LogP contribution in [-0.2, 0) is 6.54 Å². The highest BCUT2D eigenvalue weighted by atomic mass is 16.3. The summed E-state index contributed by atoms with van der Waals surface area (Å²) in [5.74, 6) is 0.733. The van der Waals surface area contributed by atoms with Crippen molar-refractivity contribution in [2.75, 3.05) is 52.9 Å². The molecule has 0 saturated carbocycles. The summed E-state index contributed by atoms with van der Waals surface area (Å²) in [6.45, 7) is 8.19. The van der Waals surface area contributed by atoms with Crippen molar-refractivity contribution in [2.45, 2.75) is 19.4 Å². The number of hydrogen-bond acceptors (Lipinski definition) is 4. The Hall–Kier alpha value is -1.53. The van der Waals surface area contributed by atoms with Crippen LogP contribution in [0.2, 0.25) is 0 Å². The van der Waals surface area contributed by atoms with Crippen LogP contribution in [0.25, 0.3) is 0 Å². The van der Waals surface area contributed by atoms with Crippen molar-refractivity contribution in [1.29, 1.82) is 0 Å². The van der Waals surface area contributed by atoms with Crippen molar-refractivity contribution in [3.8, 4) is 0 Å². The summed E-state index contributed by atoms with van der Waals surface area (Å²) >= 11 is 0. The highest BCUT2D eigenvalue weighted by Gasteiger charge is 2.25. The van der Waals surface area contributed by atoms with E-state index in [9.17, 15) is 4.79 Å². The number of rotatable bonds is 4. The van der Waals surface area contributed by atoms with Crippen molar-refractivity contribution in [3.05, 3.63) is 24.2 Å². The van der Waals surface area contributed by atoms with E-state index in [1.54, 1.807) is 12.5 Å². The van der Waals surface area contributed by atoms with E-state index in [4.69, 9.17) is 4.42 Å². The van der Waals surface area contributed by atoms with Gasteiger partial charge in [-0.15, -0.1) is 0 Å². The van der Waals surface area contributed by atoms with Crippen LogP contribution in [0.1, 0.15) is 18.4 Å². The van der Waals surface area contributed by atoms with Crippen LogP contribution in [0.5, 0.6) is 0 Å². The van der Waals surface area contributed by atoms with Gasteiger partial charge in [0.05, 0.1) is 12.5 Å². The summed E-state index contributed by atoms with van der Waals surface area (Å²) in [6.07, 6.45) is 5.53. The monoisotopic (exact) mass is 320 g/mol. The zero-order valence-electron chi connectivity index (χ0n) is 14.0. The van der Waals surface area contributed by atoms with Crippen LogP contribution in [0, 0.1) is 5.92 Å². The summed E-state index contributed by atoms with van der Waals surface area (Å²) < 4.78 is 5.01. The molecule has 23 heavy (non-hydrogen) atoms. The number of nitrogens with one attached hydrogen (secondary N) is 1. The number of hydrogen-bond donors (Lipinski definition) is 1. The van der Waals surface area contributed by atoms with Gasteiger partial charge in [0.15, 0.2) is 0 Å². The fourth-order valence-corrected chi connectivity index (χ4v) is 3.40. The molecule has 6 heteroatoms. The lowest BCUT2D eigenvalue weighted by Crippen LogP contribution is -2.49. The number of likely N-dealkylation sites (tertiary alicyclic amines) is 1. The lowest BCUT2D eigenvalue weighted by atomic mass is 9.96. The largest absolute Gasteiger partial charge is 0.472 e.